The van der Waals surface area contributed by atoms with Gasteiger partial charge in [-0.1, -0.05) is 49.0 Å². The molecule has 0 atom stereocenters. The first kappa shape index (κ1) is 23.3. The van der Waals surface area contributed by atoms with Gasteiger partial charge in [-0.15, -0.1) is 10.2 Å². The molecule has 0 aliphatic carbocycles. The minimum Gasteiger partial charge on any atom is -0.497 e. The second-order valence-corrected chi connectivity index (χ2v) is 9.06. The molecule has 1 aliphatic heterocycles. The molecule has 0 unspecified atom stereocenters. The maximum absolute atomic E-state index is 13.0. The Balaban J connectivity index is 1.31. The Morgan fingerprint density at radius 2 is 1.88 bits per heavy atom. The van der Waals surface area contributed by atoms with E-state index in [0.29, 0.717) is 5.75 Å². The van der Waals surface area contributed by atoms with Gasteiger partial charge in [0.05, 0.1) is 18.6 Å². The molecule has 3 aromatic rings. The van der Waals surface area contributed by atoms with Crippen LogP contribution in [0.2, 0.25) is 0 Å². The van der Waals surface area contributed by atoms with Gasteiger partial charge < -0.3 is 9.64 Å². The third-order valence-electron chi connectivity index (χ3n) is 5.98. The van der Waals surface area contributed by atoms with Gasteiger partial charge in [0.1, 0.15) is 12.1 Å². The van der Waals surface area contributed by atoms with Crippen LogP contribution in [0.5, 0.6) is 5.75 Å². The highest BCUT2D eigenvalue weighted by molar-refractivity contribution is 7.99. The summed E-state index contributed by atoms with van der Waals surface area (Å²) in [6.45, 7) is 6.44. The van der Waals surface area contributed by atoms with Crippen molar-refractivity contribution < 1.29 is 9.53 Å². The second kappa shape index (κ2) is 11.3. The number of carbonyl (C=O) groups excluding carboxylic acids is 1. The van der Waals surface area contributed by atoms with Gasteiger partial charge in [0, 0.05) is 32.7 Å². The third-order valence-corrected chi connectivity index (χ3v) is 6.91. The van der Waals surface area contributed by atoms with E-state index < -0.39 is 0 Å². The highest BCUT2D eigenvalue weighted by atomic mass is 32.2. The van der Waals surface area contributed by atoms with Gasteiger partial charge in [0.25, 0.3) is 0 Å². The van der Waals surface area contributed by atoms with Crippen molar-refractivity contribution in [2.24, 2.45) is 0 Å². The first-order chi connectivity index (χ1) is 16.2. The monoisotopic (exact) mass is 465 g/mol. The molecule has 0 radical (unpaired) electrons. The summed E-state index contributed by atoms with van der Waals surface area (Å²) >= 11 is 1.46. The third kappa shape index (κ3) is 5.94. The Morgan fingerprint density at radius 3 is 2.67 bits per heavy atom. The van der Waals surface area contributed by atoms with Crippen LogP contribution in [0.25, 0.3) is 5.69 Å². The van der Waals surface area contributed by atoms with E-state index in [-0.39, 0.29) is 5.91 Å². The lowest BCUT2D eigenvalue weighted by Crippen LogP contribution is -2.36. The van der Waals surface area contributed by atoms with E-state index in [4.69, 9.17) is 4.74 Å². The number of aryl methyl sites for hydroxylation is 1. The quantitative estimate of drug-likeness (QED) is 0.473. The molecule has 4 rings (SSSR count). The summed E-state index contributed by atoms with van der Waals surface area (Å²) in [5.41, 5.74) is 3.57. The van der Waals surface area contributed by atoms with E-state index in [0.717, 1.165) is 62.2 Å². The molecule has 7 nitrogen and oxygen atoms in total. The number of amides is 1. The molecule has 2 aromatic carbocycles. The number of benzene rings is 2. The molecular weight excluding hydrogens is 434 g/mol. The van der Waals surface area contributed by atoms with Gasteiger partial charge in [-0.2, -0.15) is 0 Å². The number of rotatable bonds is 8. The van der Waals surface area contributed by atoms with Gasteiger partial charge in [-0.05, 0) is 42.2 Å². The van der Waals surface area contributed by atoms with E-state index in [9.17, 15) is 4.79 Å². The smallest absolute Gasteiger partial charge is 0.233 e. The summed E-state index contributed by atoms with van der Waals surface area (Å²) in [7, 11) is 1.68. The largest absolute Gasteiger partial charge is 0.497 e. The number of thioether (sulfide) groups is 1. The van der Waals surface area contributed by atoms with Gasteiger partial charge in [-0.3, -0.25) is 14.3 Å². The topological polar surface area (TPSA) is 63.5 Å². The summed E-state index contributed by atoms with van der Waals surface area (Å²) in [5.74, 6) is 1.40. The Kier molecular flexibility index (Phi) is 8.01. The van der Waals surface area contributed by atoms with Gasteiger partial charge in [-0.25, -0.2) is 0 Å². The number of para-hydroxylation sites is 1. The molecule has 174 valence electrons. The standard InChI is InChI=1S/C25H31N5O2S/c1-3-21-7-4-5-8-23(21)30-19-26-27-25(30)33-18-24(31)29-14-6-13-28(15-16-29)17-20-9-11-22(32-2)12-10-20/h4-5,7-12,19H,3,6,13-18H2,1-2H3. The average molecular weight is 466 g/mol. The first-order valence-corrected chi connectivity index (χ1v) is 12.4. The van der Waals surface area contributed by atoms with Crippen molar-refractivity contribution in [3.63, 3.8) is 0 Å². The lowest BCUT2D eigenvalue weighted by molar-refractivity contribution is -0.128. The predicted octanol–water partition coefficient (Wildman–Crippen LogP) is 3.66. The van der Waals surface area contributed by atoms with Crippen molar-refractivity contribution in [2.45, 2.75) is 31.5 Å². The Bertz CT molecular complexity index is 1050. The number of ether oxygens (including phenoxy) is 1. The molecule has 1 amide bonds. The first-order valence-electron chi connectivity index (χ1n) is 11.4. The number of hydrogen-bond acceptors (Lipinski definition) is 6. The van der Waals surface area contributed by atoms with E-state index in [1.54, 1.807) is 13.4 Å². The second-order valence-electron chi connectivity index (χ2n) is 8.11. The average Bonchev–Trinajstić information content (AvgIpc) is 3.20. The molecule has 0 N–H and O–H groups in total. The Morgan fingerprint density at radius 1 is 1.06 bits per heavy atom. The number of methoxy groups -OCH3 is 1. The van der Waals surface area contributed by atoms with Crippen LogP contribution in [0.1, 0.15) is 24.5 Å². The molecule has 1 fully saturated rings. The van der Waals surface area contributed by atoms with Gasteiger partial charge >= 0.3 is 0 Å². The fourth-order valence-electron chi connectivity index (χ4n) is 4.12. The van der Waals surface area contributed by atoms with Crippen LogP contribution >= 0.6 is 11.8 Å². The maximum Gasteiger partial charge on any atom is 0.233 e. The lowest BCUT2D eigenvalue weighted by Gasteiger charge is -2.22. The van der Waals surface area contributed by atoms with Crippen molar-refractivity contribution in [3.05, 3.63) is 66.0 Å². The van der Waals surface area contributed by atoms with E-state index >= 15 is 0 Å². The van der Waals surface area contributed by atoms with Crippen LogP contribution in [0.15, 0.2) is 60.0 Å². The number of nitrogens with zero attached hydrogens (tertiary/aromatic N) is 5. The molecule has 1 saturated heterocycles. The summed E-state index contributed by atoms with van der Waals surface area (Å²) in [5, 5.41) is 9.11. The maximum atomic E-state index is 13.0. The molecule has 2 heterocycles. The number of carbonyl (C=O) groups is 1. The molecule has 1 aromatic heterocycles. The molecule has 8 heteroatoms. The fraction of sp³-hybridized carbons (Fsp3) is 0.400. The van der Waals surface area contributed by atoms with Crippen LogP contribution in [-0.2, 0) is 17.8 Å². The molecule has 0 saturated carbocycles. The normalized spacial score (nSPS) is 14.8. The van der Waals surface area contributed by atoms with Crippen LogP contribution in [-0.4, -0.2) is 69.5 Å². The summed E-state index contributed by atoms with van der Waals surface area (Å²) < 4.78 is 7.23. The predicted molar refractivity (Wildman–Crippen MR) is 131 cm³/mol. The summed E-state index contributed by atoms with van der Waals surface area (Å²) in [4.78, 5) is 17.4. The Labute approximate surface area is 199 Å². The SMILES string of the molecule is CCc1ccccc1-n1cnnc1SCC(=O)N1CCCN(Cc2ccc(OC)cc2)CC1. The zero-order valence-electron chi connectivity index (χ0n) is 19.3. The van der Waals surface area contributed by atoms with Crippen LogP contribution in [0.4, 0.5) is 0 Å². The number of aromatic nitrogens is 3. The van der Waals surface area contributed by atoms with Crippen molar-refractivity contribution in [3.8, 4) is 11.4 Å². The Hall–Kier alpha value is -2.84. The van der Waals surface area contributed by atoms with Crippen molar-refractivity contribution in [1.82, 2.24) is 24.6 Å². The lowest BCUT2D eigenvalue weighted by atomic mass is 10.1. The molecular formula is C25H31N5O2S. The molecule has 33 heavy (non-hydrogen) atoms. The summed E-state index contributed by atoms with van der Waals surface area (Å²) in [6.07, 6.45) is 3.63. The fourth-order valence-corrected chi connectivity index (χ4v) is 4.94. The van der Waals surface area contributed by atoms with E-state index in [1.165, 1.54) is 22.9 Å². The minimum absolute atomic E-state index is 0.157. The van der Waals surface area contributed by atoms with Crippen LogP contribution < -0.4 is 4.74 Å². The van der Waals surface area contributed by atoms with E-state index in [2.05, 4.69) is 46.3 Å². The minimum atomic E-state index is 0.157. The van der Waals surface area contributed by atoms with Crippen molar-refractivity contribution in [2.75, 3.05) is 39.0 Å². The zero-order chi connectivity index (χ0) is 23.0. The van der Waals surface area contributed by atoms with Crippen LogP contribution in [0.3, 0.4) is 0 Å². The number of hydrogen-bond donors (Lipinski definition) is 0. The van der Waals surface area contributed by atoms with Crippen LogP contribution in [0, 0.1) is 0 Å². The zero-order valence-corrected chi connectivity index (χ0v) is 20.1. The van der Waals surface area contributed by atoms with Crippen molar-refractivity contribution >= 4 is 17.7 Å². The molecule has 0 spiro atoms. The summed E-state index contributed by atoms with van der Waals surface area (Å²) in [6, 6.07) is 16.5. The highest BCUT2D eigenvalue weighted by Gasteiger charge is 2.20. The highest BCUT2D eigenvalue weighted by Crippen LogP contribution is 2.23. The van der Waals surface area contributed by atoms with Gasteiger partial charge in [0.15, 0.2) is 5.16 Å². The van der Waals surface area contributed by atoms with Gasteiger partial charge in [0.2, 0.25) is 5.91 Å². The van der Waals surface area contributed by atoms with Crippen molar-refractivity contribution in [1.29, 1.82) is 0 Å². The van der Waals surface area contributed by atoms with E-state index in [1.807, 2.05) is 33.7 Å². The molecule has 0 bridgehead atoms. The molecule has 1 aliphatic rings.